The third-order valence-electron chi connectivity index (χ3n) is 2.16. The summed E-state index contributed by atoms with van der Waals surface area (Å²) in [7, 11) is 2.92. The second-order valence-electron chi connectivity index (χ2n) is 3.24. The molecule has 2 aromatic rings. The van der Waals surface area contributed by atoms with Crippen LogP contribution in [0.25, 0.3) is 5.95 Å². The highest BCUT2D eigenvalue weighted by Crippen LogP contribution is 2.14. The fourth-order valence-electron chi connectivity index (χ4n) is 1.37. The molecule has 94 valence electrons. The molecule has 0 aliphatic rings. The van der Waals surface area contributed by atoms with Crippen molar-refractivity contribution in [1.29, 1.82) is 0 Å². The predicted molar refractivity (Wildman–Crippen MR) is 68.1 cm³/mol. The minimum Gasteiger partial charge on any atom is -0.467 e. The average Bonchev–Trinajstić information content (AvgIpc) is 2.87. The molecular weight excluding hydrogens is 254 g/mol. The van der Waals surface area contributed by atoms with Crippen molar-refractivity contribution in [2.24, 2.45) is 5.73 Å². The van der Waals surface area contributed by atoms with Crippen molar-refractivity contribution in [3.63, 3.8) is 0 Å². The lowest BCUT2D eigenvalue weighted by molar-refractivity contribution is 0.338. The lowest BCUT2D eigenvalue weighted by Crippen LogP contribution is -2.16. The number of aromatic nitrogens is 4. The molecule has 7 nitrogen and oxygen atoms in total. The van der Waals surface area contributed by atoms with Crippen molar-refractivity contribution in [2.45, 2.75) is 0 Å². The van der Waals surface area contributed by atoms with E-state index in [1.54, 1.807) is 22.9 Å². The zero-order chi connectivity index (χ0) is 13.1. The quantitative estimate of drug-likeness (QED) is 0.796. The third-order valence-corrected chi connectivity index (χ3v) is 2.37. The van der Waals surface area contributed by atoms with Gasteiger partial charge in [0.15, 0.2) is 0 Å². The molecule has 2 rings (SSSR count). The van der Waals surface area contributed by atoms with Gasteiger partial charge in [-0.25, -0.2) is 0 Å². The van der Waals surface area contributed by atoms with Gasteiger partial charge in [-0.2, -0.15) is 9.97 Å². The first-order valence-electron chi connectivity index (χ1n) is 4.97. The molecule has 0 aromatic carbocycles. The number of ether oxygens (including phenoxy) is 2. The van der Waals surface area contributed by atoms with Gasteiger partial charge in [0.2, 0.25) is 5.95 Å². The van der Waals surface area contributed by atoms with E-state index in [1.807, 2.05) is 0 Å². The van der Waals surface area contributed by atoms with E-state index in [1.165, 1.54) is 14.2 Å². The smallest absolute Gasteiger partial charge is 0.324 e. The van der Waals surface area contributed by atoms with Gasteiger partial charge in [0, 0.05) is 6.20 Å². The highest BCUT2D eigenvalue weighted by molar-refractivity contribution is 7.80. The fourth-order valence-corrected chi connectivity index (χ4v) is 1.54. The SMILES string of the molecule is COc1nc(OC)nc(-n2cccc2C(N)=S)n1. The summed E-state index contributed by atoms with van der Waals surface area (Å²) in [5, 5.41) is 0. The maximum Gasteiger partial charge on any atom is 0.324 e. The van der Waals surface area contributed by atoms with Gasteiger partial charge in [0.05, 0.1) is 19.9 Å². The third kappa shape index (κ3) is 2.23. The first kappa shape index (κ1) is 12.2. The van der Waals surface area contributed by atoms with Crippen LogP contribution in [0.4, 0.5) is 0 Å². The molecule has 18 heavy (non-hydrogen) atoms. The highest BCUT2D eigenvalue weighted by atomic mass is 32.1. The second-order valence-corrected chi connectivity index (χ2v) is 3.68. The second kappa shape index (κ2) is 4.96. The Morgan fingerprint density at radius 1 is 1.22 bits per heavy atom. The molecule has 0 bridgehead atoms. The first-order valence-corrected chi connectivity index (χ1v) is 5.38. The maximum absolute atomic E-state index is 5.61. The van der Waals surface area contributed by atoms with Crippen LogP contribution in [0.1, 0.15) is 5.69 Å². The molecule has 0 atom stereocenters. The van der Waals surface area contributed by atoms with Crippen molar-refractivity contribution in [3.05, 3.63) is 24.0 Å². The Labute approximate surface area is 109 Å². The van der Waals surface area contributed by atoms with Gasteiger partial charge in [0.1, 0.15) is 4.99 Å². The minimum absolute atomic E-state index is 0.152. The number of methoxy groups -OCH3 is 2. The zero-order valence-corrected chi connectivity index (χ0v) is 10.6. The van der Waals surface area contributed by atoms with Crippen LogP contribution in [-0.2, 0) is 0 Å². The number of nitrogens with zero attached hydrogens (tertiary/aromatic N) is 4. The van der Waals surface area contributed by atoms with Crippen molar-refractivity contribution < 1.29 is 9.47 Å². The normalized spacial score (nSPS) is 10.1. The van der Waals surface area contributed by atoms with Gasteiger partial charge in [-0.1, -0.05) is 12.2 Å². The molecule has 0 spiro atoms. The molecule has 8 heteroatoms. The maximum atomic E-state index is 5.61. The summed E-state index contributed by atoms with van der Waals surface area (Å²) in [5.74, 6) is 0.325. The molecule has 0 unspecified atom stereocenters. The predicted octanol–water partition coefficient (Wildman–Crippen LogP) is 0.314. The van der Waals surface area contributed by atoms with Gasteiger partial charge >= 0.3 is 12.0 Å². The molecule has 0 saturated heterocycles. The topological polar surface area (TPSA) is 88.1 Å². The Balaban J connectivity index is 2.55. The summed E-state index contributed by atoms with van der Waals surface area (Å²) in [5.41, 5.74) is 6.24. The summed E-state index contributed by atoms with van der Waals surface area (Å²) in [6, 6.07) is 3.86. The van der Waals surface area contributed by atoms with E-state index >= 15 is 0 Å². The Morgan fingerprint density at radius 2 is 1.83 bits per heavy atom. The van der Waals surface area contributed by atoms with Crippen LogP contribution in [0, 0.1) is 0 Å². The number of rotatable bonds is 4. The fraction of sp³-hybridized carbons (Fsp3) is 0.200. The largest absolute Gasteiger partial charge is 0.467 e. The molecule has 2 aromatic heterocycles. The standard InChI is InChI=1S/C10H11N5O2S/c1-16-9-12-8(13-10(14-9)17-2)15-5-3-4-6(15)7(11)18/h3-5H,1-2H3,(H2,11,18). The van der Waals surface area contributed by atoms with E-state index in [0.717, 1.165) is 0 Å². The van der Waals surface area contributed by atoms with Crippen LogP contribution in [0.2, 0.25) is 0 Å². The van der Waals surface area contributed by atoms with E-state index in [0.29, 0.717) is 11.6 Å². The zero-order valence-electron chi connectivity index (χ0n) is 9.82. The van der Waals surface area contributed by atoms with Crippen molar-refractivity contribution in [3.8, 4) is 18.0 Å². The van der Waals surface area contributed by atoms with E-state index in [-0.39, 0.29) is 17.0 Å². The molecule has 0 amide bonds. The van der Waals surface area contributed by atoms with Crippen LogP contribution in [0.3, 0.4) is 0 Å². The van der Waals surface area contributed by atoms with Crippen LogP contribution in [0.5, 0.6) is 12.0 Å². The van der Waals surface area contributed by atoms with E-state index in [4.69, 9.17) is 27.4 Å². The van der Waals surface area contributed by atoms with Crippen LogP contribution < -0.4 is 15.2 Å². The number of thiocarbonyl (C=S) groups is 1. The Bertz CT molecular complexity index is 561. The summed E-state index contributed by atoms with van der Waals surface area (Å²) < 4.78 is 11.6. The summed E-state index contributed by atoms with van der Waals surface area (Å²) >= 11 is 4.95. The van der Waals surface area contributed by atoms with E-state index < -0.39 is 0 Å². The lowest BCUT2D eigenvalue weighted by atomic mass is 10.4. The van der Waals surface area contributed by atoms with Gasteiger partial charge in [-0.3, -0.25) is 4.57 Å². The van der Waals surface area contributed by atoms with Crippen LogP contribution in [0.15, 0.2) is 18.3 Å². The van der Waals surface area contributed by atoms with Crippen molar-refractivity contribution in [1.82, 2.24) is 19.5 Å². The van der Waals surface area contributed by atoms with Gasteiger partial charge < -0.3 is 15.2 Å². The average molecular weight is 265 g/mol. The molecule has 2 heterocycles. The van der Waals surface area contributed by atoms with Crippen LogP contribution in [-0.4, -0.2) is 38.7 Å². The van der Waals surface area contributed by atoms with E-state index in [2.05, 4.69) is 15.0 Å². The minimum atomic E-state index is 0.152. The molecule has 0 radical (unpaired) electrons. The monoisotopic (exact) mass is 265 g/mol. The van der Waals surface area contributed by atoms with Gasteiger partial charge in [-0.15, -0.1) is 4.98 Å². The Morgan fingerprint density at radius 3 is 2.33 bits per heavy atom. The molecule has 0 aliphatic carbocycles. The number of hydrogen-bond acceptors (Lipinski definition) is 6. The van der Waals surface area contributed by atoms with Gasteiger partial charge in [0.25, 0.3) is 0 Å². The summed E-state index contributed by atoms with van der Waals surface area (Å²) in [6.07, 6.45) is 1.74. The van der Waals surface area contributed by atoms with Crippen molar-refractivity contribution >= 4 is 17.2 Å². The molecular formula is C10H11N5O2S. The van der Waals surface area contributed by atoms with Gasteiger partial charge in [-0.05, 0) is 12.1 Å². The molecule has 2 N–H and O–H groups in total. The van der Waals surface area contributed by atoms with Crippen molar-refractivity contribution in [2.75, 3.05) is 14.2 Å². The lowest BCUT2D eigenvalue weighted by Gasteiger charge is -2.08. The summed E-state index contributed by atoms with van der Waals surface area (Å²) in [4.78, 5) is 12.4. The highest BCUT2D eigenvalue weighted by Gasteiger charge is 2.12. The Hall–Kier alpha value is -2.22. The number of nitrogens with two attached hydrogens (primary N) is 1. The summed E-state index contributed by atoms with van der Waals surface area (Å²) in [6.45, 7) is 0. The Kier molecular flexibility index (Phi) is 3.38. The first-order chi connectivity index (χ1) is 8.65. The number of hydrogen-bond donors (Lipinski definition) is 1. The molecule has 0 aliphatic heterocycles. The van der Waals surface area contributed by atoms with E-state index in [9.17, 15) is 0 Å². The molecule has 0 saturated carbocycles. The van der Waals surface area contributed by atoms with Crippen LogP contribution >= 0.6 is 12.2 Å². The molecule has 0 fully saturated rings.